The van der Waals surface area contributed by atoms with Crippen molar-refractivity contribution in [2.75, 3.05) is 0 Å². The normalized spacial score (nSPS) is 13.6. The van der Waals surface area contributed by atoms with Crippen LogP contribution in [0.4, 0.5) is 4.39 Å². The summed E-state index contributed by atoms with van der Waals surface area (Å²) in [6.45, 7) is 0.494. The van der Waals surface area contributed by atoms with Crippen LogP contribution in [0.25, 0.3) is 20.9 Å². The van der Waals surface area contributed by atoms with Crippen LogP contribution in [-0.2, 0) is 4.74 Å². The number of hydrogen-bond donors (Lipinski definition) is 0. The van der Waals surface area contributed by atoms with Crippen LogP contribution < -0.4 is 0 Å². The van der Waals surface area contributed by atoms with E-state index in [4.69, 9.17) is 11.1 Å². The molecule has 104 valence electrons. The topological polar surface area (TPSA) is 193 Å². The lowest BCUT2D eigenvalue weighted by Crippen LogP contribution is -2.48. The number of alkyl halides is 1. The number of ether oxygens (including phenoxy) is 1. The van der Waals surface area contributed by atoms with E-state index in [0.717, 1.165) is 0 Å². The highest BCUT2D eigenvalue weighted by atomic mass is 19.1. The summed E-state index contributed by atoms with van der Waals surface area (Å²) in [7, 11) is 0. The fourth-order valence-electron chi connectivity index (χ4n) is 0.856. The predicted molar refractivity (Wildman–Crippen MR) is 55.1 cm³/mol. The van der Waals surface area contributed by atoms with Gasteiger partial charge in [0, 0.05) is 16.2 Å². The summed E-state index contributed by atoms with van der Waals surface area (Å²) in [5, 5.41) is 26.5. The maximum Gasteiger partial charge on any atom is 0.575 e. The van der Waals surface area contributed by atoms with Gasteiger partial charge in [0.15, 0.2) is 12.5 Å². The van der Waals surface area contributed by atoms with Gasteiger partial charge in [-0.05, 0) is 11.1 Å². The highest BCUT2D eigenvalue weighted by Crippen LogP contribution is 2.20. The minimum Gasteiger partial charge on any atom is -0.256 e. The molecule has 0 aromatic rings. The van der Waals surface area contributed by atoms with Crippen LogP contribution in [0.15, 0.2) is 10.2 Å². The minimum atomic E-state index is -3.12. The molecule has 2 unspecified atom stereocenters. The van der Waals surface area contributed by atoms with E-state index in [9.17, 15) is 24.6 Å². The van der Waals surface area contributed by atoms with Gasteiger partial charge in [-0.15, -0.1) is 0 Å². The molecule has 0 saturated carbocycles. The van der Waals surface area contributed by atoms with Crippen molar-refractivity contribution in [3.05, 3.63) is 41.1 Å². The van der Waals surface area contributed by atoms with Crippen molar-refractivity contribution >= 4 is 0 Å². The number of nitro groups is 2. The quantitative estimate of drug-likeness (QED) is 0.124. The zero-order valence-electron chi connectivity index (χ0n) is 9.36. The molecule has 0 saturated heterocycles. The largest absolute Gasteiger partial charge is 0.575 e. The standard InChI is InChI=1S/C5H7FN8O5/c1-5(13(15)16,14(17)18)19-4(10-12-8)2-3(6)9-11-7/h3-4H,2H2,1H3. The van der Waals surface area contributed by atoms with Crippen LogP contribution in [-0.4, -0.2) is 28.2 Å². The van der Waals surface area contributed by atoms with Gasteiger partial charge in [-0.1, -0.05) is 10.2 Å². The average molecular weight is 278 g/mol. The lowest BCUT2D eigenvalue weighted by molar-refractivity contribution is -0.848. The van der Waals surface area contributed by atoms with Crippen LogP contribution in [0.3, 0.4) is 0 Å². The molecule has 0 aliphatic carbocycles. The maximum absolute atomic E-state index is 12.9. The van der Waals surface area contributed by atoms with Gasteiger partial charge < -0.3 is 0 Å². The molecule has 0 bridgehead atoms. The summed E-state index contributed by atoms with van der Waals surface area (Å²) in [6.07, 6.45) is -5.00. The average Bonchev–Trinajstić information content (AvgIpc) is 2.28. The predicted octanol–water partition coefficient (Wildman–Crippen LogP) is 1.86. The Kier molecular flexibility index (Phi) is 5.93. The van der Waals surface area contributed by atoms with Gasteiger partial charge in [0.1, 0.15) is 16.8 Å². The molecule has 14 heteroatoms. The first kappa shape index (κ1) is 16.3. The molecule has 0 aliphatic rings. The van der Waals surface area contributed by atoms with E-state index < -0.39 is 34.6 Å². The van der Waals surface area contributed by atoms with Crippen molar-refractivity contribution in [1.82, 2.24) is 0 Å². The minimum absolute atomic E-state index is 0.494. The second-order valence-corrected chi connectivity index (χ2v) is 3.10. The molecule has 0 radical (unpaired) electrons. The fourth-order valence-corrected chi connectivity index (χ4v) is 0.856. The fraction of sp³-hybridized carbons (Fsp3) is 1.00. The summed E-state index contributed by atoms with van der Waals surface area (Å²) in [6, 6.07) is 0. The van der Waals surface area contributed by atoms with E-state index in [1.807, 2.05) is 0 Å². The van der Waals surface area contributed by atoms with E-state index >= 15 is 0 Å². The Hall–Kier alpha value is -2.69. The molecule has 13 nitrogen and oxygen atoms in total. The molecule has 0 N–H and O–H groups in total. The van der Waals surface area contributed by atoms with Crippen molar-refractivity contribution < 1.29 is 19.0 Å². The van der Waals surface area contributed by atoms with Crippen LogP contribution in [0.1, 0.15) is 13.3 Å². The molecule has 0 rings (SSSR count). The molecule has 0 spiro atoms. The highest BCUT2D eigenvalue weighted by molar-refractivity contribution is 4.65. The number of halogens is 1. The third-order valence-electron chi connectivity index (χ3n) is 1.79. The third-order valence-corrected chi connectivity index (χ3v) is 1.79. The lowest BCUT2D eigenvalue weighted by atomic mass is 10.3. The Morgan fingerprint density at radius 2 is 1.79 bits per heavy atom. The Balaban J connectivity index is 5.11. The van der Waals surface area contributed by atoms with Crippen LogP contribution in [0, 0.1) is 20.2 Å². The van der Waals surface area contributed by atoms with Gasteiger partial charge in [0.25, 0.3) is 0 Å². The van der Waals surface area contributed by atoms with E-state index in [0.29, 0.717) is 6.92 Å². The molecule has 2 atom stereocenters. The number of rotatable bonds is 8. The van der Waals surface area contributed by atoms with Gasteiger partial charge in [-0.2, -0.15) is 0 Å². The van der Waals surface area contributed by atoms with Crippen molar-refractivity contribution in [3.63, 3.8) is 0 Å². The summed E-state index contributed by atoms with van der Waals surface area (Å²) in [4.78, 5) is 22.6. The SMILES string of the molecule is CC(OC(CC(F)N=[N+]=[N-])N=[N+]=[N-])([N+](=O)[O-])[N+](=O)[O-]. The molecule has 0 aromatic heterocycles. The second kappa shape index (κ2) is 6.90. The van der Waals surface area contributed by atoms with Crippen LogP contribution >= 0.6 is 0 Å². The van der Waals surface area contributed by atoms with E-state index in [1.165, 1.54) is 0 Å². The van der Waals surface area contributed by atoms with Crippen molar-refractivity contribution in [2.45, 2.75) is 31.7 Å². The lowest BCUT2D eigenvalue weighted by Gasteiger charge is -2.17. The Morgan fingerprint density at radius 3 is 2.16 bits per heavy atom. The molecule has 0 fully saturated rings. The van der Waals surface area contributed by atoms with Crippen LogP contribution in [0.5, 0.6) is 0 Å². The zero-order chi connectivity index (χ0) is 15.1. The van der Waals surface area contributed by atoms with Gasteiger partial charge in [-0.25, -0.2) is 9.13 Å². The number of nitrogens with zero attached hydrogens (tertiary/aromatic N) is 8. The van der Waals surface area contributed by atoms with E-state index in [2.05, 4.69) is 24.8 Å². The van der Waals surface area contributed by atoms with Gasteiger partial charge in [0.2, 0.25) is 0 Å². The first-order chi connectivity index (χ1) is 8.77. The van der Waals surface area contributed by atoms with Gasteiger partial charge in [0.05, 0.1) is 0 Å². The summed E-state index contributed by atoms with van der Waals surface area (Å²) in [5.74, 6) is -3.12. The molecular weight excluding hydrogens is 271 g/mol. The Labute approximate surface area is 103 Å². The Morgan fingerprint density at radius 1 is 1.32 bits per heavy atom. The molecule has 0 amide bonds. The molecule has 0 heterocycles. The first-order valence-corrected chi connectivity index (χ1v) is 4.47. The number of azide groups is 2. The summed E-state index contributed by atoms with van der Waals surface area (Å²) in [5.41, 5.74) is 16.1. The van der Waals surface area contributed by atoms with Crippen molar-refractivity contribution in [1.29, 1.82) is 0 Å². The van der Waals surface area contributed by atoms with E-state index in [1.54, 1.807) is 0 Å². The highest BCUT2D eigenvalue weighted by Gasteiger charge is 2.54. The molecule has 0 aliphatic heterocycles. The second-order valence-electron chi connectivity index (χ2n) is 3.10. The number of hydrogen-bond acceptors (Lipinski definition) is 7. The summed E-state index contributed by atoms with van der Waals surface area (Å²) < 4.78 is 17.3. The van der Waals surface area contributed by atoms with Crippen molar-refractivity contribution in [2.24, 2.45) is 10.2 Å². The first-order valence-electron chi connectivity index (χ1n) is 4.47. The monoisotopic (exact) mass is 278 g/mol. The molecule has 0 aromatic carbocycles. The molecular formula is C5H7FN8O5. The van der Waals surface area contributed by atoms with Gasteiger partial charge >= 0.3 is 5.85 Å². The van der Waals surface area contributed by atoms with E-state index in [-0.39, 0.29) is 0 Å². The third kappa shape index (κ3) is 4.59. The van der Waals surface area contributed by atoms with Crippen LogP contribution in [0.2, 0.25) is 0 Å². The Bertz CT molecular complexity index is 442. The smallest absolute Gasteiger partial charge is 0.256 e. The summed E-state index contributed by atoms with van der Waals surface area (Å²) >= 11 is 0. The van der Waals surface area contributed by atoms with Crippen molar-refractivity contribution in [3.8, 4) is 0 Å². The maximum atomic E-state index is 12.9. The zero-order valence-corrected chi connectivity index (χ0v) is 9.36. The van der Waals surface area contributed by atoms with Gasteiger partial charge in [-0.3, -0.25) is 20.2 Å². The molecule has 19 heavy (non-hydrogen) atoms.